The van der Waals surface area contributed by atoms with Crippen LogP contribution in [-0.2, 0) is 0 Å². The molecule has 0 aliphatic heterocycles. The third-order valence-electron chi connectivity index (χ3n) is 0. The van der Waals surface area contributed by atoms with Gasteiger partial charge in [-0.1, -0.05) is 0 Å². The molecule has 0 amide bonds. The first-order valence-corrected chi connectivity index (χ1v) is 0. The van der Waals surface area contributed by atoms with E-state index < -0.39 is 0 Å². The molecule has 0 N–H and O–H groups in total. The fraction of sp³-hybridized carbons (Fsp3) is 0. The first-order valence-electron chi connectivity index (χ1n) is 0. The maximum absolute atomic E-state index is 0. The zero-order valence-corrected chi connectivity index (χ0v) is 13.2. The van der Waals surface area contributed by atoms with Gasteiger partial charge >= 0.3 is 45.6 Å². The second-order valence-corrected chi connectivity index (χ2v) is 0. The van der Waals surface area contributed by atoms with Gasteiger partial charge in [0.2, 0.25) is 0 Å². The third-order valence-corrected chi connectivity index (χ3v) is 0. The summed E-state index contributed by atoms with van der Waals surface area (Å²) in [4.78, 5) is 0. The van der Waals surface area contributed by atoms with Crippen LogP contribution in [0.5, 0.6) is 0 Å². The summed E-state index contributed by atoms with van der Waals surface area (Å²) in [7, 11) is 0. The normalized spacial score (nSPS) is 0. The van der Waals surface area contributed by atoms with E-state index in [1.807, 2.05) is 0 Å². The van der Waals surface area contributed by atoms with Gasteiger partial charge in [-0.05, 0) is 0 Å². The summed E-state index contributed by atoms with van der Waals surface area (Å²) >= 11 is 0. The zero-order valence-electron chi connectivity index (χ0n) is 2.38. The van der Waals surface area contributed by atoms with Crippen molar-refractivity contribution in [2.24, 2.45) is 0 Å². The molecule has 24 valence electrons. The van der Waals surface area contributed by atoms with Crippen molar-refractivity contribution in [3.63, 3.8) is 0 Å². The van der Waals surface area contributed by atoms with Crippen LogP contribution in [0, 0.1) is 0 Å². The van der Waals surface area contributed by atoms with Gasteiger partial charge in [0.1, 0.15) is 0 Å². The summed E-state index contributed by atoms with van der Waals surface area (Å²) in [5.74, 6) is 0. The first kappa shape index (κ1) is 42.9. The van der Waals surface area contributed by atoms with Crippen molar-refractivity contribution >= 4 is 96.8 Å². The van der Waals surface area contributed by atoms with Crippen molar-refractivity contribution < 1.29 is 0 Å². The Kier molecular flexibility index (Phi) is 237. The van der Waals surface area contributed by atoms with Gasteiger partial charge in [-0.15, -0.1) is 0 Å². The van der Waals surface area contributed by atoms with Crippen molar-refractivity contribution in [1.29, 1.82) is 0 Å². The van der Waals surface area contributed by atoms with Gasteiger partial charge in [0.25, 0.3) is 0 Å². The van der Waals surface area contributed by atoms with Crippen LogP contribution < -0.4 is 0 Å². The minimum atomic E-state index is 0. The largest absolute Gasteiger partial charge is 3.00 e. The molecule has 0 nitrogen and oxygen atoms in total. The van der Waals surface area contributed by atoms with E-state index >= 15 is 0 Å². The maximum Gasteiger partial charge on any atom is 3.00 e. The van der Waals surface area contributed by atoms with Crippen LogP contribution in [0.25, 0.3) is 0 Å². The Hall–Kier alpha value is 3.06. The molecule has 0 saturated heterocycles. The molecule has 0 aliphatic rings. The Morgan fingerprint density at radius 1 is 0.600 bits per heavy atom. The molecule has 5 heteroatoms. The quantitative estimate of drug-likeness (QED) is 0.401. The van der Waals surface area contributed by atoms with Crippen molar-refractivity contribution in [3.05, 3.63) is 0 Å². The number of hydrogen-bond donors (Lipinski definition) is 0. The molecule has 0 aromatic heterocycles. The van der Waals surface area contributed by atoms with Crippen LogP contribution in [0.15, 0.2) is 0 Å². The van der Waals surface area contributed by atoms with Gasteiger partial charge in [0.15, 0.2) is 0 Å². The van der Waals surface area contributed by atoms with Crippen molar-refractivity contribution in [2.75, 3.05) is 0 Å². The van der Waals surface area contributed by atoms with Gasteiger partial charge in [0, 0.05) is 0 Å². The van der Waals surface area contributed by atoms with Gasteiger partial charge in [-0.25, -0.2) is 0 Å². The summed E-state index contributed by atoms with van der Waals surface area (Å²) in [6.45, 7) is 0. The first-order chi connectivity index (χ1) is 0. The summed E-state index contributed by atoms with van der Waals surface area (Å²) in [5, 5.41) is 0. The molecule has 0 aromatic rings. The summed E-state index contributed by atoms with van der Waals surface area (Å²) in [6, 6.07) is 0. The second-order valence-electron chi connectivity index (χ2n) is 0. The summed E-state index contributed by atoms with van der Waals surface area (Å²) in [6.07, 6.45) is 0. The molecular weight excluding hydrogens is 421 g/mol. The molecule has 0 aliphatic carbocycles. The Labute approximate surface area is 95.2 Å². The maximum atomic E-state index is 0. The third kappa shape index (κ3) is 19.3. The van der Waals surface area contributed by atoms with Crippen molar-refractivity contribution in [3.8, 4) is 0 Å². The fourth-order valence-electron chi connectivity index (χ4n) is 0. The minimum absolute atomic E-state index is 0. The van der Waals surface area contributed by atoms with Crippen LogP contribution >= 0.6 is 0 Å². The van der Waals surface area contributed by atoms with E-state index in [9.17, 15) is 0 Å². The Bertz CT molecular complexity index is 6.85. The molecule has 0 saturated carbocycles. The van der Waals surface area contributed by atoms with Crippen LogP contribution in [0.1, 0.15) is 0 Å². The van der Waals surface area contributed by atoms with Crippen LogP contribution in [0.2, 0.25) is 0 Å². The van der Waals surface area contributed by atoms with E-state index in [-0.39, 0.29) is 96.8 Å². The standard InChI is InChI=1S/Ga.In.3Se/q2*+3;3*-2. The topological polar surface area (TPSA) is 0 Å². The van der Waals surface area contributed by atoms with Gasteiger partial charge in [-0.3, -0.25) is 0 Å². The van der Waals surface area contributed by atoms with Crippen LogP contribution in [0.3, 0.4) is 0 Å². The predicted octanol–water partition coefficient (Wildman–Crippen LogP) is -1.90. The SMILES string of the molecule is [Ga+3].[In+3].[Se-2].[Se-2].[Se-2]. The molecule has 0 fully saturated rings. The van der Waals surface area contributed by atoms with E-state index in [4.69, 9.17) is 0 Å². The van der Waals surface area contributed by atoms with E-state index in [1.54, 1.807) is 0 Å². The molecule has 0 aromatic carbocycles. The second kappa shape index (κ2) is 27.7. The van der Waals surface area contributed by atoms with Gasteiger partial charge in [-0.2, -0.15) is 0 Å². The van der Waals surface area contributed by atoms with Crippen LogP contribution in [-0.4, -0.2) is 96.8 Å². The smallest absolute Gasteiger partial charge is 2.00 e. The summed E-state index contributed by atoms with van der Waals surface area (Å²) in [5.41, 5.74) is 0. The average molecular weight is 421 g/mol. The van der Waals surface area contributed by atoms with E-state index in [0.717, 1.165) is 0 Å². The molecule has 5 heavy (non-hydrogen) atoms. The van der Waals surface area contributed by atoms with Crippen LogP contribution in [0.4, 0.5) is 0 Å². The van der Waals surface area contributed by atoms with Crippen molar-refractivity contribution in [1.82, 2.24) is 0 Å². The molecule has 0 atom stereocenters. The van der Waals surface area contributed by atoms with Gasteiger partial charge in [0.05, 0.1) is 0 Å². The molecule has 0 spiro atoms. The predicted molar refractivity (Wildman–Crippen MR) is 28.8 cm³/mol. The number of rotatable bonds is 0. The fourth-order valence-corrected chi connectivity index (χ4v) is 0. The van der Waals surface area contributed by atoms with Crippen molar-refractivity contribution in [2.45, 2.75) is 0 Å². The molecule has 0 heterocycles. The molecule has 0 radical (unpaired) electrons. The minimum Gasteiger partial charge on any atom is -2.00 e. The Morgan fingerprint density at radius 3 is 0.600 bits per heavy atom. The summed E-state index contributed by atoms with van der Waals surface area (Å²) < 4.78 is 0. The molecule has 0 unspecified atom stereocenters. The monoisotopic (exact) mass is 424 g/mol. The van der Waals surface area contributed by atoms with E-state index in [0.29, 0.717) is 0 Å². The van der Waals surface area contributed by atoms with Gasteiger partial charge < -0.3 is 51.2 Å². The Morgan fingerprint density at radius 2 is 0.600 bits per heavy atom. The molecule has 0 rings (SSSR count). The van der Waals surface area contributed by atoms with E-state index in [1.165, 1.54) is 0 Å². The van der Waals surface area contributed by atoms with E-state index in [2.05, 4.69) is 0 Å². The average Bonchev–Trinajstić information content (AvgIpc) is 0. The number of hydrogen-bond acceptors (Lipinski definition) is 0. The molecular formula is GaInSe3. The molecule has 0 bridgehead atoms. The zero-order chi connectivity index (χ0) is 0. The Balaban J connectivity index is 0.